The van der Waals surface area contributed by atoms with Crippen molar-refractivity contribution in [1.82, 2.24) is 10.6 Å². The molecular weight excluding hydrogens is 238 g/mol. The van der Waals surface area contributed by atoms with Gasteiger partial charge in [-0.05, 0) is 31.0 Å². The summed E-state index contributed by atoms with van der Waals surface area (Å²) in [5.41, 5.74) is 2.56. The van der Waals surface area contributed by atoms with Crippen molar-refractivity contribution in [2.45, 2.75) is 25.3 Å². The fourth-order valence-corrected chi connectivity index (χ4v) is 3.03. The molecule has 1 amide bonds. The number of amides is 1. The number of nitrogens with one attached hydrogen (secondary N) is 2. The van der Waals surface area contributed by atoms with Crippen LogP contribution in [0.5, 0.6) is 0 Å². The standard InChI is InChI=1S/C15H21N3O/c19-15-11-18(10-9-17-15)14-7-2-1-5-12(14)13-6-3-4-8-16-13/h1-2,5,7,13,16H,3-4,6,8-11H2,(H,17,19). The highest BCUT2D eigenvalue weighted by Crippen LogP contribution is 2.31. The summed E-state index contributed by atoms with van der Waals surface area (Å²) < 4.78 is 0. The minimum atomic E-state index is 0.123. The van der Waals surface area contributed by atoms with Crippen molar-refractivity contribution in [3.63, 3.8) is 0 Å². The molecule has 4 nitrogen and oxygen atoms in total. The number of hydrogen-bond donors (Lipinski definition) is 2. The molecule has 0 bridgehead atoms. The first-order valence-electron chi connectivity index (χ1n) is 7.18. The van der Waals surface area contributed by atoms with Crippen molar-refractivity contribution >= 4 is 11.6 Å². The summed E-state index contributed by atoms with van der Waals surface area (Å²) in [6.45, 7) is 3.21. The van der Waals surface area contributed by atoms with Crippen molar-refractivity contribution in [3.05, 3.63) is 29.8 Å². The maximum atomic E-state index is 11.6. The minimum Gasteiger partial charge on any atom is -0.360 e. The monoisotopic (exact) mass is 259 g/mol. The first-order chi connectivity index (χ1) is 9.34. The quantitative estimate of drug-likeness (QED) is 0.844. The van der Waals surface area contributed by atoms with Crippen LogP contribution in [0.15, 0.2) is 24.3 Å². The highest BCUT2D eigenvalue weighted by molar-refractivity contribution is 5.83. The zero-order valence-corrected chi connectivity index (χ0v) is 11.2. The molecule has 1 unspecified atom stereocenters. The zero-order chi connectivity index (χ0) is 13.1. The normalized spacial score (nSPS) is 24.1. The Bertz CT molecular complexity index is 454. The molecule has 1 atom stereocenters. The van der Waals surface area contributed by atoms with E-state index >= 15 is 0 Å². The highest BCUT2D eigenvalue weighted by atomic mass is 16.2. The Hall–Kier alpha value is -1.55. The molecule has 0 saturated carbocycles. The van der Waals surface area contributed by atoms with Gasteiger partial charge >= 0.3 is 0 Å². The molecule has 2 aliphatic heterocycles. The molecule has 2 saturated heterocycles. The Balaban J connectivity index is 1.85. The van der Waals surface area contributed by atoms with Gasteiger partial charge in [0.2, 0.25) is 5.91 Å². The molecule has 0 aliphatic carbocycles. The number of benzene rings is 1. The zero-order valence-electron chi connectivity index (χ0n) is 11.2. The van der Waals surface area contributed by atoms with Crippen molar-refractivity contribution in [2.75, 3.05) is 31.1 Å². The van der Waals surface area contributed by atoms with Crippen LogP contribution in [0.1, 0.15) is 30.9 Å². The van der Waals surface area contributed by atoms with Gasteiger partial charge in [0.25, 0.3) is 0 Å². The van der Waals surface area contributed by atoms with E-state index in [0.29, 0.717) is 12.6 Å². The van der Waals surface area contributed by atoms with Gasteiger partial charge in [-0.2, -0.15) is 0 Å². The summed E-state index contributed by atoms with van der Waals surface area (Å²) in [4.78, 5) is 13.8. The number of anilines is 1. The highest BCUT2D eigenvalue weighted by Gasteiger charge is 2.23. The van der Waals surface area contributed by atoms with Crippen LogP contribution in [0.25, 0.3) is 0 Å². The van der Waals surface area contributed by atoms with E-state index in [4.69, 9.17) is 0 Å². The number of carbonyl (C=O) groups is 1. The molecule has 2 heterocycles. The molecule has 2 fully saturated rings. The smallest absolute Gasteiger partial charge is 0.239 e. The summed E-state index contributed by atoms with van der Waals surface area (Å²) in [6.07, 6.45) is 3.74. The van der Waals surface area contributed by atoms with Gasteiger partial charge in [0.15, 0.2) is 0 Å². The van der Waals surface area contributed by atoms with Crippen molar-refractivity contribution < 1.29 is 4.79 Å². The van der Waals surface area contributed by atoms with E-state index in [1.54, 1.807) is 0 Å². The Morgan fingerprint density at radius 2 is 2.05 bits per heavy atom. The van der Waals surface area contributed by atoms with E-state index in [0.717, 1.165) is 19.6 Å². The largest absolute Gasteiger partial charge is 0.360 e. The summed E-state index contributed by atoms with van der Waals surface area (Å²) in [6, 6.07) is 8.94. The number of para-hydroxylation sites is 1. The van der Waals surface area contributed by atoms with Crippen molar-refractivity contribution in [2.24, 2.45) is 0 Å². The van der Waals surface area contributed by atoms with Crippen LogP contribution in [0.4, 0.5) is 5.69 Å². The molecule has 2 aliphatic rings. The summed E-state index contributed by atoms with van der Waals surface area (Å²) in [5.74, 6) is 0.123. The van der Waals surface area contributed by atoms with Gasteiger partial charge in [0.05, 0.1) is 6.54 Å². The van der Waals surface area contributed by atoms with Gasteiger partial charge < -0.3 is 15.5 Å². The lowest BCUT2D eigenvalue weighted by atomic mass is 9.95. The summed E-state index contributed by atoms with van der Waals surface area (Å²) in [7, 11) is 0. The van der Waals surface area contributed by atoms with Crippen LogP contribution in [-0.4, -0.2) is 32.1 Å². The third-order valence-corrected chi connectivity index (χ3v) is 4.00. The minimum absolute atomic E-state index is 0.123. The Kier molecular flexibility index (Phi) is 3.69. The molecule has 19 heavy (non-hydrogen) atoms. The number of piperidine rings is 1. The van der Waals surface area contributed by atoms with Gasteiger partial charge in [-0.3, -0.25) is 4.79 Å². The van der Waals surface area contributed by atoms with Crippen LogP contribution >= 0.6 is 0 Å². The Labute approximate surface area is 114 Å². The number of nitrogens with zero attached hydrogens (tertiary/aromatic N) is 1. The van der Waals surface area contributed by atoms with E-state index in [1.807, 2.05) is 0 Å². The predicted octanol–water partition coefficient (Wildman–Crippen LogP) is 1.44. The second-order valence-electron chi connectivity index (χ2n) is 5.33. The Morgan fingerprint density at radius 3 is 2.84 bits per heavy atom. The van der Waals surface area contributed by atoms with Crippen molar-refractivity contribution in [1.29, 1.82) is 0 Å². The maximum Gasteiger partial charge on any atom is 0.239 e. The lowest BCUT2D eigenvalue weighted by Crippen LogP contribution is -2.48. The van der Waals surface area contributed by atoms with E-state index in [1.165, 1.54) is 30.5 Å². The van der Waals surface area contributed by atoms with Crippen LogP contribution in [-0.2, 0) is 4.79 Å². The van der Waals surface area contributed by atoms with E-state index in [-0.39, 0.29) is 5.91 Å². The van der Waals surface area contributed by atoms with Crippen LogP contribution < -0.4 is 15.5 Å². The molecule has 0 aromatic heterocycles. The van der Waals surface area contributed by atoms with Crippen molar-refractivity contribution in [3.8, 4) is 0 Å². The molecule has 1 aromatic carbocycles. The average Bonchev–Trinajstić information content (AvgIpc) is 2.48. The van der Waals surface area contributed by atoms with Gasteiger partial charge in [-0.15, -0.1) is 0 Å². The SMILES string of the molecule is O=C1CN(c2ccccc2C2CCCCN2)CCN1. The van der Waals surface area contributed by atoms with Gasteiger partial charge in [-0.25, -0.2) is 0 Å². The number of piperazine rings is 1. The molecule has 3 rings (SSSR count). The number of hydrogen-bond acceptors (Lipinski definition) is 3. The van der Waals surface area contributed by atoms with Gasteiger partial charge in [0, 0.05) is 24.8 Å². The second-order valence-corrected chi connectivity index (χ2v) is 5.33. The van der Waals surface area contributed by atoms with Crippen LogP contribution in [0.3, 0.4) is 0 Å². The first kappa shape index (κ1) is 12.5. The van der Waals surface area contributed by atoms with Crippen LogP contribution in [0, 0.1) is 0 Å². The average molecular weight is 259 g/mol. The lowest BCUT2D eigenvalue weighted by molar-refractivity contribution is -0.120. The van der Waals surface area contributed by atoms with E-state index in [9.17, 15) is 4.79 Å². The summed E-state index contributed by atoms with van der Waals surface area (Å²) in [5, 5.41) is 6.48. The van der Waals surface area contributed by atoms with Gasteiger partial charge in [0.1, 0.15) is 0 Å². The predicted molar refractivity (Wildman–Crippen MR) is 76.3 cm³/mol. The molecule has 0 spiro atoms. The molecular formula is C15H21N3O. The van der Waals surface area contributed by atoms with E-state index < -0.39 is 0 Å². The molecule has 2 N–H and O–H groups in total. The fraction of sp³-hybridized carbons (Fsp3) is 0.533. The van der Waals surface area contributed by atoms with Crippen LogP contribution in [0.2, 0.25) is 0 Å². The fourth-order valence-electron chi connectivity index (χ4n) is 3.03. The molecule has 4 heteroatoms. The molecule has 1 aromatic rings. The molecule has 0 radical (unpaired) electrons. The lowest BCUT2D eigenvalue weighted by Gasteiger charge is -2.33. The van der Waals surface area contributed by atoms with E-state index in [2.05, 4.69) is 39.8 Å². The first-order valence-corrected chi connectivity index (χ1v) is 7.18. The maximum absolute atomic E-state index is 11.6. The van der Waals surface area contributed by atoms with Gasteiger partial charge in [-0.1, -0.05) is 24.6 Å². The summed E-state index contributed by atoms with van der Waals surface area (Å²) >= 11 is 0. The second kappa shape index (κ2) is 5.61. The third-order valence-electron chi connectivity index (χ3n) is 4.00. The topological polar surface area (TPSA) is 44.4 Å². The molecule has 102 valence electrons. The third kappa shape index (κ3) is 2.73. The number of rotatable bonds is 2. The Morgan fingerprint density at radius 1 is 1.16 bits per heavy atom. The number of carbonyl (C=O) groups excluding carboxylic acids is 1.